The number of hydrogen-bond acceptors (Lipinski definition) is 8. The zero-order valence-corrected chi connectivity index (χ0v) is 29.7. The van der Waals surface area contributed by atoms with E-state index in [0.29, 0.717) is 95.7 Å². The van der Waals surface area contributed by atoms with Gasteiger partial charge in [0.25, 0.3) is 16.1 Å². The topological polar surface area (TPSA) is 169 Å². The Bertz CT molecular complexity index is 1660. The van der Waals surface area contributed by atoms with Crippen molar-refractivity contribution in [1.82, 2.24) is 23.9 Å². The lowest BCUT2D eigenvalue weighted by Crippen LogP contribution is -2.57. The lowest BCUT2D eigenvalue weighted by atomic mass is 10.00. The van der Waals surface area contributed by atoms with Crippen molar-refractivity contribution in [2.45, 2.75) is 70.6 Å². The van der Waals surface area contributed by atoms with Crippen LogP contribution in [0, 0.1) is 13.8 Å². The van der Waals surface area contributed by atoms with Gasteiger partial charge < -0.3 is 29.9 Å². The molecule has 3 fully saturated rings. The van der Waals surface area contributed by atoms with Crippen molar-refractivity contribution in [2.24, 2.45) is 5.14 Å². The summed E-state index contributed by atoms with van der Waals surface area (Å²) in [5.74, 6) is -0.0643. The Kier molecular flexibility index (Phi) is 10.9. The molecule has 1 unspecified atom stereocenters. The fourth-order valence-corrected chi connectivity index (χ4v) is 8.54. The van der Waals surface area contributed by atoms with Gasteiger partial charge in [0, 0.05) is 83.1 Å². The monoisotopic (exact) mass is 711 g/mol. The summed E-state index contributed by atoms with van der Waals surface area (Å²) in [5.41, 5.74) is 4.09. The van der Waals surface area contributed by atoms with Gasteiger partial charge in [-0.05, 0) is 74.3 Å². The highest BCUT2D eigenvalue weighted by molar-refractivity contribution is 7.86. The maximum absolute atomic E-state index is 14.0. The van der Waals surface area contributed by atoms with Crippen LogP contribution in [0.1, 0.15) is 47.9 Å². The second kappa shape index (κ2) is 15.1. The summed E-state index contributed by atoms with van der Waals surface area (Å²) in [4.78, 5) is 48.3. The first-order valence-corrected chi connectivity index (χ1v) is 19.1. The van der Waals surface area contributed by atoms with E-state index in [-0.39, 0.29) is 36.2 Å². The Morgan fingerprint density at radius 2 is 1.52 bits per heavy atom. The third kappa shape index (κ3) is 8.17. The number of aromatic hydroxyl groups is 1. The van der Waals surface area contributed by atoms with Gasteiger partial charge in [-0.3, -0.25) is 9.69 Å². The third-order valence-electron chi connectivity index (χ3n) is 10.7. The third-order valence-corrected chi connectivity index (χ3v) is 11.8. The zero-order chi connectivity index (χ0) is 35.6. The van der Waals surface area contributed by atoms with Crippen LogP contribution in [0.2, 0.25) is 0 Å². The number of carbonyl (C=O) groups is 3. The van der Waals surface area contributed by atoms with Crippen molar-refractivity contribution in [3.63, 3.8) is 0 Å². The van der Waals surface area contributed by atoms with E-state index in [4.69, 9.17) is 9.88 Å². The molecule has 4 amide bonds. The summed E-state index contributed by atoms with van der Waals surface area (Å²) in [6.07, 6.45) is 1.88. The van der Waals surface area contributed by atoms with Gasteiger partial charge in [-0.1, -0.05) is 30.3 Å². The van der Waals surface area contributed by atoms with Crippen LogP contribution in [0.5, 0.6) is 5.75 Å². The summed E-state index contributed by atoms with van der Waals surface area (Å²) in [5, 5.41) is 18.7. The molecule has 4 heterocycles. The largest absolute Gasteiger partial charge is 0.507 e. The number of benzene rings is 2. The molecular formula is C35H49N7O7S. The molecule has 2 aromatic carbocycles. The molecular weight excluding hydrogens is 662 g/mol. The van der Waals surface area contributed by atoms with E-state index in [1.165, 1.54) is 4.31 Å². The van der Waals surface area contributed by atoms with Crippen molar-refractivity contribution in [3.8, 4) is 5.75 Å². The predicted octanol–water partition coefficient (Wildman–Crippen LogP) is 2.42. The number of nitrogens with two attached hydrogens (primary N) is 1. The van der Waals surface area contributed by atoms with Gasteiger partial charge in [0.2, 0.25) is 0 Å². The molecule has 14 nitrogen and oxygen atoms in total. The number of carbonyl (C=O) groups excluding carboxylic acids is 3. The molecule has 0 bridgehead atoms. The van der Waals surface area contributed by atoms with E-state index in [2.05, 4.69) is 10.2 Å². The highest BCUT2D eigenvalue weighted by atomic mass is 32.2. The van der Waals surface area contributed by atoms with Crippen molar-refractivity contribution < 1.29 is 32.6 Å². The minimum absolute atomic E-state index is 0.0167. The highest BCUT2D eigenvalue weighted by Crippen LogP contribution is 2.27. The summed E-state index contributed by atoms with van der Waals surface area (Å²) in [6.45, 7) is 7.95. The van der Waals surface area contributed by atoms with Crippen LogP contribution in [0.3, 0.4) is 0 Å². The van der Waals surface area contributed by atoms with Crippen LogP contribution in [0.25, 0.3) is 0 Å². The van der Waals surface area contributed by atoms with Crippen molar-refractivity contribution in [1.29, 1.82) is 0 Å². The number of urea groups is 1. The number of rotatable bonds is 7. The second-order valence-corrected chi connectivity index (χ2v) is 15.5. The molecule has 0 aliphatic carbocycles. The Morgan fingerprint density at radius 1 is 0.900 bits per heavy atom. The fourth-order valence-electron chi connectivity index (χ4n) is 7.82. The number of piperazine rings is 1. The molecule has 50 heavy (non-hydrogen) atoms. The van der Waals surface area contributed by atoms with Gasteiger partial charge in [-0.25, -0.2) is 14.7 Å². The molecule has 0 aromatic heterocycles. The molecule has 1 atom stereocenters. The number of nitrogens with one attached hydrogen (secondary N) is 1. The maximum atomic E-state index is 14.0. The number of nitrogens with zero attached hydrogens (tertiary/aromatic N) is 5. The minimum atomic E-state index is -3.70. The first-order chi connectivity index (χ1) is 23.9. The van der Waals surface area contributed by atoms with Crippen LogP contribution in [-0.2, 0) is 32.6 Å². The Labute approximate surface area is 294 Å². The summed E-state index contributed by atoms with van der Waals surface area (Å²) in [6, 6.07) is 11.5. The first kappa shape index (κ1) is 35.9. The van der Waals surface area contributed by atoms with Gasteiger partial charge in [0.1, 0.15) is 5.75 Å². The summed E-state index contributed by atoms with van der Waals surface area (Å²) in [7, 11) is -3.70. The van der Waals surface area contributed by atoms with Crippen LogP contribution >= 0.6 is 0 Å². The van der Waals surface area contributed by atoms with Crippen LogP contribution in [0.4, 0.5) is 15.3 Å². The average Bonchev–Trinajstić information content (AvgIpc) is 3.27. The Morgan fingerprint density at radius 3 is 2.16 bits per heavy atom. The number of hydrogen-bond donors (Lipinski definition) is 3. The van der Waals surface area contributed by atoms with Crippen LogP contribution in [0.15, 0.2) is 36.4 Å². The maximum Gasteiger partial charge on any atom is 0.410 e. The van der Waals surface area contributed by atoms with E-state index >= 15 is 0 Å². The molecule has 272 valence electrons. The van der Waals surface area contributed by atoms with E-state index in [1.54, 1.807) is 23.6 Å². The molecule has 3 saturated heterocycles. The average molecular weight is 712 g/mol. The minimum Gasteiger partial charge on any atom is -0.507 e. The van der Waals surface area contributed by atoms with Gasteiger partial charge in [-0.2, -0.15) is 12.7 Å². The standard InChI is InChI=1S/C35H49N7O7S/c1-24-21-26(22-25(2)32(24)43)23-31(33(44)39-19-17-38(18-20-39)28-10-14-41(15-11-28)50(36,47)48)49-35(46)40-12-8-29(9-13-40)42-16-7-27-5-3-4-6-30(27)37-34(42)45/h3-6,21-22,28-29,31,43H,7-20,23H2,1-2H3,(H,37,45)(H2,36,47,48). The SMILES string of the molecule is Cc1cc(CC(OC(=O)N2CCC(N3CCc4ccccc4NC3=O)CC2)C(=O)N2CCN(C3CCN(S(N)(=O)=O)CC3)CC2)cc(C)c1O. The number of fused-ring (bicyclic) bond motifs is 1. The lowest BCUT2D eigenvalue weighted by molar-refractivity contribution is -0.143. The number of piperidine rings is 2. The lowest BCUT2D eigenvalue weighted by Gasteiger charge is -2.42. The molecule has 4 N–H and O–H groups in total. The van der Waals surface area contributed by atoms with Crippen LogP contribution in [-0.4, -0.2) is 133 Å². The Hall–Kier alpha value is -3.92. The first-order valence-electron chi connectivity index (χ1n) is 17.6. The van der Waals surface area contributed by atoms with Gasteiger partial charge >= 0.3 is 12.1 Å². The fraction of sp³-hybridized carbons (Fsp3) is 0.571. The molecule has 2 aromatic rings. The van der Waals surface area contributed by atoms with E-state index in [9.17, 15) is 27.9 Å². The normalized spacial score (nSPS) is 20.9. The number of amides is 4. The number of phenolic OH excluding ortho intramolecular Hbond substituents is 1. The zero-order valence-electron chi connectivity index (χ0n) is 28.9. The molecule has 4 aliphatic heterocycles. The Balaban J connectivity index is 1.07. The number of phenols is 1. The number of ether oxygens (including phenoxy) is 1. The van der Waals surface area contributed by atoms with Crippen molar-refractivity contribution in [2.75, 3.05) is 64.2 Å². The van der Waals surface area contributed by atoms with E-state index < -0.39 is 22.4 Å². The smallest absolute Gasteiger partial charge is 0.410 e. The summed E-state index contributed by atoms with van der Waals surface area (Å²) < 4.78 is 30.8. The second-order valence-electron chi connectivity index (χ2n) is 13.9. The number of anilines is 1. The molecule has 0 saturated carbocycles. The number of aryl methyl sites for hydroxylation is 2. The number of likely N-dealkylation sites (tertiary alicyclic amines) is 1. The van der Waals surface area contributed by atoms with Gasteiger partial charge in [0.15, 0.2) is 6.10 Å². The van der Waals surface area contributed by atoms with Crippen molar-refractivity contribution in [3.05, 3.63) is 58.7 Å². The molecule has 4 aliphatic rings. The molecule has 15 heteroatoms. The highest BCUT2D eigenvalue weighted by Gasteiger charge is 2.37. The predicted molar refractivity (Wildman–Crippen MR) is 188 cm³/mol. The van der Waals surface area contributed by atoms with E-state index in [0.717, 1.165) is 23.2 Å². The van der Waals surface area contributed by atoms with Gasteiger partial charge in [0.05, 0.1) is 0 Å². The van der Waals surface area contributed by atoms with Crippen LogP contribution < -0.4 is 10.5 Å². The molecule has 6 rings (SSSR count). The van der Waals surface area contributed by atoms with Gasteiger partial charge in [-0.15, -0.1) is 0 Å². The molecule has 0 spiro atoms. The molecule has 0 radical (unpaired) electrons. The number of para-hydroxylation sites is 1. The summed E-state index contributed by atoms with van der Waals surface area (Å²) >= 11 is 0. The van der Waals surface area contributed by atoms with Crippen molar-refractivity contribution >= 4 is 33.9 Å². The van der Waals surface area contributed by atoms with E-state index in [1.807, 2.05) is 41.3 Å². The quantitative estimate of drug-likeness (QED) is 0.394.